The van der Waals surface area contributed by atoms with Crippen molar-refractivity contribution in [1.29, 1.82) is 0 Å². The van der Waals surface area contributed by atoms with Crippen molar-refractivity contribution in [1.82, 2.24) is 24.2 Å². The van der Waals surface area contributed by atoms with E-state index < -0.39 is 10.0 Å². The van der Waals surface area contributed by atoms with Crippen LogP contribution < -0.4 is 0 Å². The lowest BCUT2D eigenvalue weighted by Crippen LogP contribution is -2.39. The van der Waals surface area contributed by atoms with E-state index in [0.29, 0.717) is 36.4 Å². The molecule has 0 radical (unpaired) electrons. The number of hydrogen-bond acceptors (Lipinski definition) is 6. The van der Waals surface area contributed by atoms with Gasteiger partial charge in [0, 0.05) is 39.7 Å². The second kappa shape index (κ2) is 6.40. The van der Waals surface area contributed by atoms with Gasteiger partial charge in [-0.25, -0.2) is 12.7 Å². The van der Waals surface area contributed by atoms with Crippen LogP contribution in [0.4, 0.5) is 0 Å². The predicted molar refractivity (Wildman–Crippen MR) is 82.9 cm³/mol. The molecule has 3 heterocycles. The SMILES string of the molecule is Cc1nc(CC2CCN(S(=O)(=O)Cc3ccnn3C)CC2)no1. The molecule has 3 rings (SSSR count). The van der Waals surface area contributed by atoms with Crippen LogP contribution in [0.25, 0.3) is 0 Å². The van der Waals surface area contributed by atoms with Crippen LogP contribution in [0.3, 0.4) is 0 Å². The summed E-state index contributed by atoms with van der Waals surface area (Å²) in [6.45, 7) is 2.85. The van der Waals surface area contributed by atoms with Gasteiger partial charge in [0.1, 0.15) is 5.75 Å². The molecule has 126 valence electrons. The zero-order valence-corrected chi connectivity index (χ0v) is 14.2. The Hall–Kier alpha value is -1.74. The van der Waals surface area contributed by atoms with E-state index in [9.17, 15) is 8.42 Å². The van der Waals surface area contributed by atoms with Crippen molar-refractivity contribution < 1.29 is 12.9 Å². The molecule has 1 fully saturated rings. The Morgan fingerprint density at radius 3 is 2.65 bits per heavy atom. The Kier molecular flexibility index (Phi) is 4.49. The van der Waals surface area contributed by atoms with E-state index in [1.54, 1.807) is 35.2 Å². The van der Waals surface area contributed by atoms with Crippen molar-refractivity contribution in [3.8, 4) is 0 Å². The van der Waals surface area contributed by atoms with Crippen LogP contribution in [-0.4, -0.2) is 45.7 Å². The van der Waals surface area contributed by atoms with Crippen LogP contribution >= 0.6 is 0 Å². The minimum Gasteiger partial charge on any atom is -0.340 e. The van der Waals surface area contributed by atoms with Crippen molar-refractivity contribution in [3.05, 3.63) is 29.7 Å². The first-order chi connectivity index (χ1) is 10.9. The molecule has 9 heteroatoms. The molecule has 0 unspecified atom stereocenters. The maximum atomic E-state index is 12.5. The highest BCUT2D eigenvalue weighted by Gasteiger charge is 2.29. The lowest BCUT2D eigenvalue weighted by atomic mass is 9.94. The Morgan fingerprint density at radius 1 is 1.35 bits per heavy atom. The number of piperidine rings is 1. The van der Waals surface area contributed by atoms with Crippen LogP contribution in [0.2, 0.25) is 0 Å². The van der Waals surface area contributed by atoms with Gasteiger partial charge in [-0.1, -0.05) is 5.16 Å². The molecule has 1 aliphatic rings. The minimum absolute atomic E-state index is 0.00178. The summed E-state index contributed by atoms with van der Waals surface area (Å²) in [5.74, 6) is 1.67. The number of sulfonamides is 1. The van der Waals surface area contributed by atoms with E-state index in [1.165, 1.54) is 0 Å². The lowest BCUT2D eigenvalue weighted by Gasteiger charge is -2.30. The van der Waals surface area contributed by atoms with E-state index in [2.05, 4.69) is 15.2 Å². The van der Waals surface area contributed by atoms with Gasteiger partial charge in [0.15, 0.2) is 5.82 Å². The standard InChI is InChI=1S/C14H21N5O3S/c1-11-16-14(17-22-11)9-12-4-7-19(8-5-12)23(20,21)10-13-3-6-15-18(13)2/h3,6,12H,4-5,7-10H2,1-2H3. The Balaban J connectivity index is 1.56. The monoisotopic (exact) mass is 339 g/mol. The highest BCUT2D eigenvalue weighted by atomic mass is 32.2. The third-order valence-electron chi connectivity index (χ3n) is 4.26. The number of rotatable bonds is 5. The van der Waals surface area contributed by atoms with E-state index >= 15 is 0 Å². The Bertz CT molecular complexity index is 759. The molecule has 0 saturated carbocycles. The van der Waals surface area contributed by atoms with Gasteiger partial charge in [0.25, 0.3) is 0 Å². The molecule has 0 amide bonds. The van der Waals surface area contributed by atoms with Crippen LogP contribution in [0, 0.1) is 12.8 Å². The summed E-state index contributed by atoms with van der Waals surface area (Å²) in [4.78, 5) is 4.21. The van der Waals surface area contributed by atoms with Gasteiger partial charge in [-0.2, -0.15) is 10.1 Å². The van der Waals surface area contributed by atoms with E-state index in [4.69, 9.17) is 4.52 Å². The second-order valence-corrected chi connectivity index (χ2v) is 7.95. The topological polar surface area (TPSA) is 94.1 Å². The molecule has 1 saturated heterocycles. The molecule has 0 spiro atoms. The number of aryl methyl sites for hydroxylation is 2. The van der Waals surface area contributed by atoms with Gasteiger partial charge in [-0.05, 0) is 24.8 Å². The molecule has 2 aromatic heterocycles. The fourth-order valence-corrected chi connectivity index (χ4v) is 4.50. The Morgan fingerprint density at radius 2 is 2.09 bits per heavy atom. The fraction of sp³-hybridized carbons (Fsp3) is 0.643. The molecular formula is C14H21N5O3S. The van der Waals surface area contributed by atoms with Crippen LogP contribution in [-0.2, 0) is 29.2 Å². The van der Waals surface area contributed by atoms with Gasteiger partial charge < -0.3 is 4.52 Å². The highest BCUT2D eigenvalue weighted by Crippen LogP contribution is 2.23. The highest BCUT2D eigenvalue weighted by molar-refractivity contribution is 7.88. The quantitative estimate of drug-likeness (QED) is 0.803. The molecule has 23 heavy (non-hydrogen) atoms. The largest absolute Gasteiger partial charge is 0.340 e. The molecule has 0 bridgehead atoms. The molecule has 1 aliphatic heterocycles. The summed E-state index contributed by atoms with van der Waals surface area (Å²) in [7, 11) is -1.54. The first kappa shape index (κ1) is 16.1. The summed E-state index contributed by atoms with van der Waals surface area (Å²) in [6, 6.07) is 1.74. The summed E-state index contributed by atoms with van der Waals surface area (Å²) in [6.07, 6.45) is 3.99. The van der Waals surface area contributed by atoms with E-state index in [0.717, 1.165) is 19.3 Å². The minimum atomic E-state index is -3.30. The molecule has 0 atom stereocenters. The van der Waals surface area contributed by atoms with Crippen LogP contribution in [0.1, 0.15) is 30.3 Å². The zero-order chi connectivity index (χ0) is 16.4. The van der Waals surface area contributed by atoms with E-state index in [1.807, 2.05) is 0 Å². The van der Waals surface area contributed by atoms with Crippen molar-refractivity contribution in [2.75, 3.05) is 13.1 Å². The second-order valence-electron chi connectivity index (χ2n) is 5.98. The van der Waals surface area contributed by atoms with Crippen LogP contribution in [0.5, 0.6) is 0 Å². The molecule has 0 aliphatic carbocycles. The van der Waals surface area contributed by atoms with Gasteiger partial charge in [-0.3, -0.25) is 4.68 Å². The third kappa shape index (κ3) is 3.78. The van der Waals surface area contributed by atoms with Gasteiger partial charge >= 0.3 is 0 Å². The summed E-state index contributed by atoms with van der Waals surface area (Å²) in [5.41, 5.74) is 0.703. The normalized spacial score (nSPS) is 17.7. The van der Waals surface area contributed by atoms with Crippen molar-refractivity contribution in [2.45, 2.75) is 31.9 Å². The molecule has 0 N–H and O–H groups in total. The maximum absolute atomic E-state index is 12.5. The number of aromatic nitrogens is 4. The average molecular weight is 339 g/mol. The average Bonchev–Trinajstić information content (AvgIpc) is 3.08. The molecule has 0 aromatic carbocycles. The van der Waals surface area contributed by atoms with Gasteiger partial charge in [0.05, 0.1) is 5.69 Å². The molecular weight excluding hydrogens is 318 g/mol. The van der Waals surface area contributed by atoms with Crippen molar-refractivity contribution >= 4 is 10.0 Å². The van der Waals surface area contributed by atoms with Crippen molar-refractivity contribution in [3.63, 3.8) is 0 Å². The smallest absolute Gasteiger partial charge is 0.223 e. The van der Waals surface area contributed by atoms with Gasteiger partial charge in [-0.15, -0.1) is 0 Å². The summed E-state index contributed by atoms with van der Waals surface area (Å²) >= 11 is 0. The van der Waals surface area contributed by atoms with E-state index in [-0.39, 0.29) is 5.75 Å². The predicted octanol–water partition coefficient (Wildman–Crippen LogP) is 0.896. The maximum Gasteiger partial charge on any atom is 0.223 e. The number of nitrogens with zero attached hydrogens (tertiary/aromatic N) is 5. The number of hydrogen-bond donors (Lipinski definition) is 0. The first-order valence-corrected chi connectivity index (χ1v) is 9.29. The third-order valence-corrected chi connectivity index (χ3v) is 6.07. The van der Waals surface area contributed by atoms with Gasteiger partial charge in [0.2, 0.25) is 15.9 Å². The first-order valence-electron chi connectivity index (χ1n) is 7.68. The Labute approximate surface area is 135 Å². The summed E-state index contributed by atoms with van der Waals surface area (Å²) in [5, 5.41) is 7.93. The molecule has 2 aromatic rings. The summed E-state index contributed by atoms with van der Waals surface area (Å²) < 4.78 is 33.2. The lowest BCUT2D eigenvalue weighted by molar-refractivity contribution is 0.268. The zero-order valence-electron chi connectivity index (χ0n) is 13.3. The van der Waals surface area contributed by atoms with Crippen LogP contribution in [0.15, 0.2) is 16.8 Å². The fourth-order valence-electron chi connectivity index (χ4n) is 2.90. The molecule has 8 nitrogen and oxygen atoms in total. The van der Waals surface area contributed by atoms with Crippen molar-refractivity contribution in [2.24, 2.45) is 13.0 Å².